The van der Waals surface area contributed by atoms with E-state index in [0.717, 1.165) is 48.9 Å². The van der Waals surface area contributed by atoms with E-state index >= 15 is 0 Å². The largest absolute Gasteiger partial charge is 0.463 e. The number of rotatable bonds is 1. The predicted octanol–water partition coefficient (Wildman–Crippen LogP) is 4.71. The van der Waals surface area contributed by atoms with E-state index in [4.69, 9.17) is 4.74 Å². The van der Waals surface area contributed by atoms with Gasteiger partial charge in [0.2, 0.25) is 0 Å². The summed E-state index contributed by atoms with van der Waals surface area (Å²) in [6.07, 6.45) is 11.2. The predicted molar refractivity (Wildman–Crippen MR) is 91.8 cm³/mol. The molecule has 0 saturated heterocycles. The molecular weight excluding hydrogens is 298 g/mol. The summed E-state index contributed by atoms with van der Waals surface area (Å²) >= 11 is 0. The first-order chi connectivity index (χ1) is 11.5. The number of carbonyl (C=O) groups is 1. The second-order valence-corrected chi connectivity index (χ2v) is 9.28. The molecule has 0 unspecified atom stereocenters. The summed E-state index contributed by atoms with van der Waals surface area (Å²) in [5.41, 5.74) is 0.289. The summed E-state index contributed by atoms with van der Waals surface area (Å²) in [5.74, 6) is 4.30. The SMILES string of the molecule is CC(=O)O[C@H]1CC[C@H]2[C@H](CC[C@@H]3[C@@H]2CC[C@]2(C)[C@H](C#N)CC[C@@H]32)C1. The van der Waals surface area contributed by atoms with Gasteiger partial charge in [0, 0.05) is 6.92 Å². The topological polar surface area (TPSA) is 50.1 Å². The number of nitriles is 1. The molecule has 0 aromatic rings. The summed E-state index contributed by atoms with van der Waals surface area (Å²) in [4.78, 5) is 11.3. The van der Waals surface area contributed by atoms with Crippen LogP contribution in [0.15, 0.2) is 0 Å². The molecule has 4 rings (SSSR count). The number of ether oxygens (including phenoxy) is 1. The van der Waals surface area contributed by atoms with Gasteiger partial charge in [-0.05, 0) is 92.8 Å². The van der Waals surface area contributed by atoms with Crippen LogP contribution in [-0.4, -0.2) is 12.1 Å². The van der Waals surface area contributed by atoms with Gasteiger partial charge in [-0.15, -0.1) is 0 Å². The molecule has 3 nitrogen and oxygen atoms in total. The second-order valence-electron chi connectivity index (χ2n) is 9.28. The molecule has 0 aliphatic heterocycles. The Balaban J connectivity index is 1.48. The Kier molecular flexibility index (Phi) is 4.14. The summed E-state index contributed by atoms with van der Waals surface area (Å²) in [5, 5.41) is 9.56. The molecule has 8 atom stereocenters. The van der Waals surface area contributed by atoms with Crippen LogP contribution in [0.3, 0.4) is 0 Å². The fourth-order valence-corrected chi connectivity index (χ4v) is 7.36. The Hall–Kier alpha value is -1.04. The Morgan fingerprint density at radius 3 is 2.58 bits per heavy atom. The minimum atomic E-state index is -0.117. The molecule has 0 heterocycles. The Bertz CT molecular complexity index is 553. The molecule has 0 amide bonds. The average molecular weight is 329 g/mol. The van der Waals surface area contributed by atoms with Gasteiger partial charge in [0.1, 0.15) is 6.10 Å². The number of hydrogen-bond donors (Lipinski definition) is 0. The van der Waals surface area contributed by atoms with Crippen LogP contribution in [0.4, 0.5) is 0 Å². The Morgan fingerprint density at radius 1 is 1.04 bits per heavy atom. The highest BCUT2D eigenvalue weighted by Crippen LogP contribution is 2.64. The normalized spacial score (nSPS) is 50.1. The monoisotopic (exact) mass is 329 g/mol. The van der Waals surface area contributed by atoms with Crippen molar-refractivity contribution in [1.82, 2.24) is 0 Å². The highest BCUT2D eigenvalue weighted by atomic mass is 16.5. The Labute approximate surface area is 146 Å². The summed E-state index contributed by atoms with van der Waals surface area (Å²) in [6.45, 7) is 3.95. The van der Waals surface area contributed by atoms with Crippen LogP contribution >= 0.6 is 0 Å². The molecule has 132 valence electrons. The molecule has 24 heavy (non-hydrogen) atoms. The zero-order valence-electron chi connectivity index (χ0n) is 15.2. The minimum absolute atomic E-state index is 0.117. The van der Waals surface area contributed by atoms with Crippen LogP contribution in [0.5, 0.6) is 0 Å². The lowest BCUT2D eigenvalue weighted by Gasteiger charge is -2.55. The standard InChI is InChI=1S/C21H31NO2/c1-13(23)24-16-5-7-17-14(11-16)3-6-19-18(17)9-10-21(2)15(12-22)4-8-20(19)21/h14-20H,3-11H2,1-2H3/t14-,15+,16+,17+,18-,19-,20+,21-/m1/s1. The second kappa shape index (κ2) is 6.04. The molecule has 0 aromatic carbocycles. The van der Waals surface area contributed by atoms with Crippen molar-refractivity contribution in [1.29, 1.82) is 5.26 Å². The zero-order chi connectivity index (χ0) is 16.9. The van der Waals surface area contributed by atoms with Gasteiger partial charge in [0.25, 0.3) is 0 Å². The Morgan fingerprint density at radius 2 is 1.83 bits per heavy atom. The third kappa shape index (κ3) is 2.49. The van der Waals surface area contributed by atoms with Gasteiger partial charge in [-0.2, -0.15) is 5.26 Å². The fraction of sp³-hybridized carbons (Fsp3) is 0.905. The van der Waals surface area contributed by atoms with Crippen molar-refractivity contribution < 1.29 is 9.53 Å². The lowest BCUT2D eigenvalue weighted by molar-refractivity contribution is -0.152. The molecule has 0 N–H and O–H groups in total. The summed E-state index contributed by atoms with van der Waals surface area (Å²) in [7, 11) is 0. The smallest absolute Gasteiger partial charge is 0.302 e. The minimum Gasteiger partial charge on any atom is -0.463 e. The van der Waals surface area contributed by atoms with Crippen molar-refractivity contribution in [3.8, 4) is 6.07 Å². The average Bonchev–Trinajstić information content (AvgIpc) is 2.90. The number of carbonyl (C=O) groups excluding carboxylic acids is 1. The number of hydrogen-bond acceptors (Lipinski definition) is 3. The molecule has 0 radical (unpaired) electrons. The van der Waals surface area contributed by atoms with Crippen molar-refractivity contribution >= 4 is 5.97 Å². The molecule has 0 spiro atoms. The van der Waals surface area contributed by atoms with E-state index in [1.54, 1.807) is 0 Å². The van der Waals surface area contributed by atoms with Crippen molar-refractivity contribution in [3.05, 3.63) is 0 Å². The number of nitrogens with zero attached hydrogens (tertiary/aromatic N) is 1. The molecule has 0 bridgehead atoms. The van der Waals surface area contributed by atoms with Crippen LogP contribution < -0.4 is 0 Å². The molecule has 4 fully saturated rings. The van der Waals surface area contributed by atoms with Crippen LogP contribution in [-0.2, 0) is 9.53 Å². The van der Waals surface area contributed by atoms with Crippen LogP contribution in [0, 0.1) is 52.3 Å². The van der Waals surface area contributed by atoms with Crippen LogP contribution in [0.25, 0.3) is 0 Å². The van der Waals surface area contributed by atoms with Crippen LogP contribution in [0.2, 0.25) is 0 Å². The molecule has 4 aliphatic rings. The molecule has 4 aliphatic carbocycles. The maximum atomic E-state index is 11.3. The lowest BCUT2D eigenvalue weighted by Crippen LogP contribution is -2.49. The zero-order valence-corrected chi connectivity index (χ0v) is 15.2. The van der Waals surface area contributed by atoms with Gasteiger partial charge in [-0.3, -0.25) is 4.79 Å². The van der Waals surface area contributed by atoms with Gasteiger partial charge in [-0.25, -0.2) is 0 Å². The number of esters is 1. The summed E-state index contributed by atoms with van der Waals surface area (Å²) in [6, 6.07) is 2.63. The first-order valence-electron chi connectivity index (χ1n) is 10.1. The molecule has 3 heteroatoms. The van der Waals surface area contributed by atoms with Gasteiger partial charge in [0.05, 0.1) is 12.0 Å². The van der Waals surface area contributed by atoms with E-state index in [1.165, 1.54) is 45.4 Å². The number of fused-ring (bicyclic) bond motifs is 5. The van der Waals surface area contributed by atoms with E-state index in [2.05, 4.69) is 13.0 Å². The van der Waals surface area contributed by atoms with E-state index in [1.807, 2.05) is 0 Å². The highest BCUT2D eigenvalue weighted by molar-refractivity contribution is 5.66. The quantitative estimate of drug-likeness (QED) is 0.655. The van der Waals surface area contributed by atoms with Crippen molar-refractivity contribution in [2.75, 3.05) is 0 Å². The van der Waals surface area contributed by atoms with Gasteiger partial charge < -0.3 is 4.74 Å². The van der Waals surface area contributed by atoms with E-state index in [0.29, 0.717) is 5.92 Å². The van der Waals surface area contributed by atoms with Gasteiger partial charge >= 0.3 is 5.97 Å². The maximum absolute atomic E-state index is 11.3. The van der Waals surface area contributed by atoms with E-state index in [9.17, 15) is 10.1 Å². The highest BCUT2D eigenvalue weighted by Gasteiger charge is 2.57. The van der Waals surface area contributed by atoms with Crippen molar-refractivity contribution in [3.63, 3.8) is 0 Å². The van der Waals surface area contributed by atoms with E-state index in [-0.39, 0.29) is 17.5 Å². The van der Waals surface area contributed by atoms with Crippen molar-refractivity contribution in [2.45, 2.75) is 77.7 Å². The van der Waals surface area contributed by atoms with Gasteiger partial charge in [-0.1, -0.05) is 6.92 Å². The fourth-order valence-electron chi connectivity index (χ4n) is 7.36. The molecular formula is C21H31NO2. The van der Waals surface area contributed by atoms with Crippen molar-refractivity contribution in [2.24, 2.45) is 40.9 Å². The van der Waals surface area contributed by atoms with Crippen LogP contribution in [0.1, 0.15) is 71.6 Å². The summed E-state index contributed by atoms with van der Waals surface area (Å²) < 4.78 is 5.52. The third-order valence-electron chi connectivity index (χ3n) is 8.39. The first-order valence-corrected chi connectivity index (χ1v) is 10.1. The van der Waals surface area contributed by atoms with E-state index < -0.39 is 0 Å². The first kappa shape index (κ1) is 16.4. The lowest BCUT2D eigenvalue weighted by atomic mass is 9.50. The maximum Gasteiger partial charge on any atom is 0.302 e. The molecule has 0 aromatic heterocycles. The third-order valence-corrected chi connectivity index (χ3v) is 8.39. The molecule has 4 saturated carbocycles. The van der Waals surface area contributed by atoms with Gasteiger partial charge in [0.15, 0.2) is 0 Å².